The molecular weight excluding hydrogens is 266 g/mol. The highest BCUT2D eigenvalue weighted by Gasteiger charge is 2.16. The van der Waals surface area contributed by atoms with Gasteiger partial charge in [-0.3, -0.25) is 4.79 Å². The Morgan fingerprint density at radius 2 is 2.39 bits per heavy atom. The lowest BCUT2D eigenvalue weighted by atomic mass is 10.1. The molecular formula is C13H21NO2S2. The molecule has 5 heteroatoms. The summed E-state index contributed by atoms with van der Waals surface area (Å²) in [7, 11) is 1.44. The number of ether oxygens (including phenoxy) is 1. The van der Waals surface area contributed by atoms with Crippen LogP contribution in [0.15, 0.2) is 17.5 Å². The number of thioether (sulfide) groups is 1. The van der Waals surface area contributed by atoms with Crippen LogP contribution in [0.2, 0.25) is 0 Å². The molecule has 0 fully saturated rings. The number of nitrogens with one attached hydrogen (secondary N) is 1. The Morgan fingerprint density at radius 3 is 3.00 bits per heavy atom. The molecule has 1 atom stereocenters. The average Bonchev–Trinajstić information content (AvgIpc) is 2.90. The van der Waals surface area contributed by atoms with E-state index in [9.17, 15) is 4.79 Å². The van der Waals surface area contributed by atoms with Gasteiger partial charge < -0.3 is 10.1 Å². The van der Waals surface area contributed by atoms with Crippen molar-refractivity contribution < 1.29 is 9.53 Å². The topological polar surface area (TPSA) is 38.3 Å². The van der Waals surface area contributed by atoms with Crippen molar-refractivity contribution in [1.29, 1.82) is 0 Å². The maximum atomic E-state index is 11.4. The molecule has 0 radical (unpaired) electrons. The van der Waals surface area contributed by atoms with Gasteiger partial charge in [0.1, 0.15) is 0 Å². The standard InChI is InChI=1S/C13H21NO2S2/c1-16-13(15)10-11(12-6-5-9-18-12)14-7-3-4-8-17-2/h5-6,9,11,14H,3-4,7-8,10H2,1-2H3. The molecule has 1 rings (SSSR count). The molecule has 0 aliphatic carbocycles. The zero-order valence-electron chi connectivity index (χ0n) is 11.0. The van der Waals surface area contributed by atoms with E-state index in [2.05, 4.69) is 17.6 Å². The van der Waals surface area contributed by atoms with Crippen molar-refractivity contribution >= 4 is 29.1 Å². The lowest BCUT2D eigenvalue weighted by Gasteiger charge is -2.16. The van der Waals surface area contributed by atoms with Crippen molar-refractivity contribution in [2.45, 2.75) is 25.3 Å². The Morgan fingerprint density at radius 1 is 1.56 bits per heavy atom. The van der Waals surface area contributed by atoms with Crippen LogP contribution < -0.4 is 5.32 Å². The van der Waals surface area contributed by atoms with E-state index in [1.165, 1.54) is 24.2 Å². The second-order valence-electron chi connectivity index (χ2n) is 4.00. The summed E-state index contributed by atoms with van der Waals surface area (Å²) >= 11 is 3.55. The molecule has 0 aliphatic rings. The van der Waals surface area contributed by atoms with E-state index in [1.54, 1.807) is 11.3 Å². The van der Waals surface area contributed by atoms with Crippen molar-refractivity contribution in [2.75, 3.05) is 25.7 Å². The molecule has 0 bridgehead atoms. The number of esters is 1. The smallest absolute Gasteiger partial charge is 0.307 e. The first-order valence-corrected chi connectivity index (χ1v) is 8.37. The predicted octanol–water partition coefficient (Wildman–Crippen LogP) is 3.09. The van der Waals surface area contributed by atoms with Gasteiger partial charge in [0.15, 0.2) is 0 Å². The molecule has 1 N–H and O–H groups in total. The highest BCUT2D eigenvalue weighted by molar-refractivity contribution is 7.98. The first-order chi connectivity index (χ1) is 8.77. The molecule has 3 nitrogen and oxygen atoms in total. The highest BCUT2D eigenvalue weighted by Crippen LogP contribution is 2.22. The van der Waals surface area contributed by atoms with Gasteiger partial charge in [0.05, 0.1) is 19.6 Å². The average molecular weight is 287 g/mol. The van der Waals surface area contributed by atoms with Gasteiger partial charge in [0, 0.05) is 4.88 Å². The summed E-state index contributed by atoms with van der Waals surface area (Å²) in [6.45, 7) is 0.945. The number of hydrogen-bond acceptors (Lipinski definition) is 5. The lowest BCUT2D eigenvalue weighted by molar-refractivity contribution is -0.141. The molecule has 0 spiro atoms. The van der Waals surface area contributed by atoms with Crippen LogP contribution in [0.5, 0.6) is 0 Å². The number of rotatable bonds is 9. The van der Waals surface area contributed by atoms with Crippen LogP contribution in [0.4, 0.5) is 0 Å². The summed E-state index contributed by atoms with van der Waals surface area (Å²) in [6, 6.07) is 4.17. The van der Waals surface area contributed by atoms with E-state index >= 15 is 0 Å². The molecule has 18 heavy (non-hydrogen) atoms. The van der Waals surface area contributed by atoms with Crippen LogP contribution in [0.1, 0.15) is 30.2 Å². The summed E-state index contributed by atoms with van der Waals surface area (Å²) in [6.07, 6.45) is 4.88. The fourth-order valence-electron chi connectivity index (χ4n) is 1.66. The zero-order valence-corrected chi connectivity index (χ0v) is 12.6. The van der Waals surface area contributed by atoms with Crippen molar-refractivity contribution in [2.24, 2.45) is 0 Å². The number of methoxy groups -OCH3 is 1. The minimum atomic E-state index is -0.162. The quantitative estimate of drug-likeness (QED) is 0.559. The Kier molecular flexibility index (Phi) is 8.13. The molecule has 0 aliphatic heterocycles. The van der Waals surface area contributed by atoms with Crippen LogP contribution in [0, 0.1) is 0 Å². The Labute approximate surface area is 117 Å². The zero-order chi connectivity index (χ0) is 13.2. The third-order valence-electron chi connectivity index (χ3n) is 2.65. The van der Waals surface area contributed by atoms with E-state index in [0.29, 0.717) is 6.42 Å². The third kappa shape index (κ3) is 5.89. The fraction of sp³-hybridized carbons (Fsp3) is 0.615. The molecule has 102 valence electrons. The van der Waals surface area contributed by atoms with Gasteiger partial charge in [-0.2, -0.15) is 11.8 Å². The Bertz CT molecular complexity index is 328. The highest BCUT2D eigenvalue weighted by atomic mass is 32.2. The molecule has 0 saturated carbocycles. The van der Waals surface area contributed by atoms with Gasteiger partial charge in [-0.25, -0.2) is 0 Å². The predicted molar refractivity (Wildman–Crippen MR) is 79.3 cm³/mol. The second kappa shape index (κ2) is 9.42. The summed E-state index contributed by atoms with van der Waals surface area (Å²) in [5, 5.41) is 5.48. The molecule has 0 saturated heterocycles. The maximum Gasteiger partial charge on any atom is 0.307 e. The van der Waals surface area contributed by atoms with Crippen molar-refractivity contribution in [3.05, 3.63) is 22.4 Å². The van der Waals surface area contributed by atoms with Crippen LogP contribution in [0.25, 0.3) is 0 Å². The van der Waals surface area contributed by atoms with Crippen molar-refractivity contribution in [1.82, 2.24) is 5.32 Å². The number of thiophene rings is 1. The third-order valence-corrected chi connectivity index (χ3v) is 4.33. The molecule has 1 aromatic rings. The molecule has 1 unspecified atom stereocenters. The van der Waals surface area contributed by atoms with Gasteiger partial charge in [0.25, 0.3) is 0 Å². The summed E-state index contributed by atoms with van der Waals surface area (Å²) < 4.78 is 4.75. The monoisotopic (exact) mass is 287 g/mol. The van der Waals surface area contributed by atoms with Gasteiger partial charge in [0.2, 0.25) is 0 Å². The number of unbranched alkanes of at least 4 members (excludes halogenated alkanes) is 1. The van der Waals surface area contributed by atoms with Gasteiger partial charge in [-0.1, -0.05) is 6.07 Å². The van der Waals surface area contributed by atoms with E-state index < -0.39 is 0 Å². The first-order valence-electron chi connectivity index (χ1n) is 6.10. The van der Waals surface area contributed by atoms with Crippen molar-refractivity contribution in [3.8, 4) is 0 Å². The van der Waals surface area contributed by atoms with E-state index in [-0.39, 0.29) is 12.0 Å². The number of carbonyl (C=O) groups is 1. The van der Waals surface area contributed by atoms with E-state index in [1.807, 2.05) is 23.2 Å². The molecule has 1 heterocycles. The van der Waals surface area contributed by atoms with Crippen LogP contribution in [0.3, 0.4) is 0 Å². The number of carbonyl (C=O) groups excluding carboxylic acids is 1. The fourth-order valence-corrected chi connectivity index (χ4v) is 2.96. The Balaban J connectivity index is 2.38. The van der Waals surface area contributed by atoms with E-state index in [0.717, 1.165) is 13.0 Å². The van der Waals surface area contributed by atoms with Crippen LogP contribution >= 0.6 is 23.1 Å². The molecule has 0 amide bonds. The Hall–Kier alpha value is -0.520. The van der Waals surface area contributed by atoms with E-state index in [4.69, 9.17) is 4.74 Å². The normalized spacial score (nSPS) is 12.3. The number of hydrogen-bond donors (Lipinski definition) is 1. The first kappa shape index (κ1) is 15.5. The minimum Gasteiger partial charge on any atom is -0.469 e. The summed E-state index contributed by atoms with van der Waals surface area (Å²) in [4.78, 5) is 12.6. The van der Waals surface area contributed by atoms with Gasteiger partial charge in [-0.05, 0) is 42.8 Å². The molecule has 0 aromatic carbocycles. The maximum absolute atomic E-state index is 11.4. The van der Waals surface area contributed by atoms with Gasteiger partial charge in [-0.15, -0.1) is 11.3 Å². The SMILES string of the molecule is COC(=O)CC(NCCCCSC)c1cccs1. The summed E-state index contributed by atoms with van der Waals surface area (Å²) in [5.74, 6) is 1.03. The van der Waals surface area contributed by atoms with Crippen LogP contribution in [-0.4, -0.2) is 31.6 Å². The van der Waals surface area contributed by atoms with Crippen LogP contribution in [-0.2, 0) is 9.53 Å². The van der Waals surface area contributed by atoms with Gasteiger partial charge >= 0.3 is 5.97 Å². The van der Waals surface area contributed by atoms with Crippen molar-refractivity contribution in [3.63, 3.8) is 0 Å². The second-order valence-corrected chi connectivity index (χ2v) is 5.97. The molecule has 1 aromatic heterocycles. The summed E-state index contributed by atoms with van der Waals surface area (Å²) in [5.41, 5.74) is 0. The minimum absolute atomic E-state index is 0.0896. The largest absolute Gasteiger partial charge is 0.469 e. The lowest BCUT2D eigenvalue weighted by Crippen LogP contribution is -2.24.